The molecule has 0 saturated carbocycles. The van der Waals surface area contributed by atoms with E-state index in [0.717, 1.165) is 16.7 Å². The average Bonchev–Trinajstić information content (AvgIpc) is 2.16. The zero-order valence-corrected chi connectivity index (χ0v) is 8.30. The minimum Gasteiger partial charge on any atom is -0.508 e. The lowest BCUT2D eigenvalue weighted by Crippen LogP contribution is -1.87. The Kier molecular flexibility index (Phi) is 3.83. The number of rotatable bonds is 4. The summed E-state index contributed by atoms with van der Waals surface area (Å²) < 4.78 is 0. The SMILES string of the molecule is CSc1ccc(CCC=O)c(O)c1. The molecule has 0 amide bonds. The van der Waals surface area contributed by atoms with Gasteiger partial charge in [-0.3, -0.25) is 0 Å². The highest BCUT2D eigenvalue weighted by molar-refractivity contribution is 7.98. The Morgan fingerprint density at radius 3 is 2.85 bits per heavy atom. The molecular weight excluding hydrogens is 184 g/mol. The maximum atomic E-state index is 10.1. The van der Waals surface area contributed by atoms with Crippen molar-refractivity contribution < 1.29 is 9.90 Å². The second-order valence-corrected chi connectivity index (χ2v) is 3.58. The number of hydrogen-bond donors (Lipinski definition) is 1. The molecule has 0 aliphatic carbocycles. The zero-order valence-electron chi connectivity index (χ0n) is 7.49. The summed E-state index contributed by atoms with van der Waals surface area (Å²) in [5, 5.41) is 9.52. The third-order valence-corrected chi connectivity index (χ3v) is 2.55. The van der Waals surface area contributed by atoms with Crippen LogP contribution >= 0.6 is 11.8 Å². The van der Waals surface area contributed by atoms with Crippen molar-refractivity contribution in [2.45, 2.75) is 17.7 Å². The number of carbonyl (C=O) groups is 1. The molecule has 70 valence electrons. The van der Waals surface area contributed by atoms with Gasteiger partial charge in [0.05, 0.1) is 0 Å². The van der Waals surface area contributed by atoms with E-state index in [9.17, 15) is 9.90 Å². The maximum absolute atomic E-state index is 10.1. The summed E-state index contributed by atoms with van der Waals surface area (Å²) in [5.41, 5.74) is 0.838. The lowest BCUT2D eigenvalue weighted by molar-refractivity contribution is -0.107. The largest absolute Gasteiger partial charge is 0.508 e. The van der Waals surface area contributed by atoms with E-state index in [1.807, 2.05) is 18.4 Å². The molecule has 2 nitrogen and oxygen atoms in total. The first-order valence-corrected chi connectivity index (χ1v) is 5.30. The Labute approximate surface area is 82.0 Å². The van der Waals surface area contributed by atoms with E-state index in [2.05, 4.69) is 0 Å². The first kappa shape index (κ1) is 10.1. The minimum atomic E-state index is 0.286. The van der Waals surface area contributed by atoms with Crippen molar-refractivity contribution in [3.8, 4) is 5.75 Å². The monoisotopic (exact) mass is 196 g/mol. The molecule has 0 atom stereocenters. The van der Waals surface area contributed by atoms with Gasteiger partial charge < -0.3 is 9.90 Å². The van der Waals surface area contributed by atoms with Gasteiger partial charge in [-0.2, -0.15) is 0 Å². The summed E-state index contributed by atoms with van der Waals surface area (Å²) >= 11 is 1.59. The highest BCUT2D eigenvalue weighted by Crippen LogP contribution is 2.24. The topological polar surface area (TPSA) is 37.3 Å². The van der Waals surface area contributed by atoms with Gasteiger partial charge in [-0.15, -0.1) is 11.8 Å². The normalized spacial score (nSPS) is 9.92. The minimum absolute atomic E-state index is 0.286. The van der Waals surface area contributed by atoms with Crippen LogP contribution in [-0.2, 0) is 11.2 Å². The van der Waals surface area contributed by atoms with Crippen LogP contribution in [0, 0.1) is 0 Å². The molecule has 1 aromatic carbocycles. The molecule has 0 saturated heterocycles. The van der Waals surface area contributed by atoms with Gasteiger partial charge in [0.2, 0.25) is 0 Å². The summed E-state index contributed by atoms with van der Waals surface area (Å²) in [6, 6.07) is 5.54. The quantitative estimate of drug-likeness (QED) is 0.592. The number of hydrogen-bond acceptors (Lipinski definition) is 3. The Hall–Kier alpha value is -0.960. The van der Waals surface area contributed by atoms with Crippen LogP contribution in [0.4, 0.5) is 0 Å². The number of aldehydes is 1. The van der Waals surface area contributed by atoms with Crippen LogP contribution < -0.4 is 0 Å². The number of phenolic OH excluding ortho intramolecular Hbond substituents is 1. The smallest absolute Gasteiger partial charge is 0.120 e. The molecule has 0 spiro atoms. The highest BCUT2D eigenvalue weighted by Gasteiger charge is 2.01. The van der Waals surface area contributed by atoms with Gasteiger partial charge in [-0.05, 0) is 30.4 Å². The van der Waals surface area contributed by atoms with Crippen LogP contribution in [0.3, 0.4) is 0 Å². The molecule has 0 radical (unpaired) electrons. The molecule has 0 unspecified atom stereocenters. The van der Waals surface area contributed by atoms with Crippen molar-refractivity contribution in [2.75, 3.05) is 6.26 Å². The molecule has 0 bridgehead atoms. The molecule has 0 heterocycles. The standard InChI is InChI=1S/C10H12O2S/c1-13-9-5-4-8(3-2-6-11)10(12)7-9/h4-7,12H,2-3H2,1H3. The molecule has 0 aliphatic heterocycles. The number of phenols is 1. The van der Waals surface area contributed by atoms with Gasteiger partial charge in [0.25, 0.3) is 0 Å². The fourth-order valence-electron chi connectivity index (χ4n) is 1.10. The fourth-order valence-corrected chi connectivity index (χ4v) is 1.53. The van der Waals surface area contributed by atoms with Crippen molar-refractivity contribution in [3.05, 3.63) is 23.8 Å². The molecule has 1 N–H and O–H groups in total. The first-order valence-electron chi connectivity index (χ1n) is 4.07. The van der Waals surface area contributed by atoms with Gasteiger partial charge >= 0.3 is 0 Å². The molecule has 0 aromatic heterocycles. The van der Waals surface area contributed by atoms with Gasteiger partial charge in [0.1, 0.15) is 12.0 Å². The summed E-state index contributed by atoms with van der Waals surface area (Å²) in [4.78, 5) is 11.2. The lowest BCUT2D eigenvalue weighted by atomic mass is 10.1. The van der Waals surface area contributed by atoms with E-state index in [1.54, 1.807) is 17.8 Å². The third kappa shape index (κ3) is 2.77. The van der Waals surface area contributed by atoms with E-state index >= 15 is 0 Å². The van der Waals surface area contributed by atoms with Crippen LogP contribution in [0.1, 0.15) is 12.0 Å². The van der Waals surface area contributed by atoms with Gasteiger partial charge in [-0.1, -0.05) is 6.07 Å². The summed E-state index contributed by atoms with van der Waals surface area (Å²) in [7, 11) is 0. The van der Waals surface area contributed by atoms with E-state index in [1.165, 1.54) is 0 Å². The molecule has 1 rings (SSSR count). The van der Waals surface area contributed by atoms with E-state index in [0.29, 0.717) is 12.8 Å². The van der Waals surface area contributed by atoms with Crippen LogP contribution in [0.2, 0.25) is 0 Å². The zero-order chi connectivity index (χ0) is 9.68. The van der Waals surface area contributed by atoms with E-state index in [-0.39, 0.29) is 5.75 Å². The fraction of sp³-hybridized carbons (Fsp3) is 0.300. The van der Waals surface area contributed by atoms with Gasteiger partial charge in [0.15, 0.2) is 0 Å². The lowest BCUT2D eigenvalue weighted by Gasteiger charge is -2.03. The summed E-state index contributed by atoms with van der Waals surface area (Å²) in [6.45, 7) is 0. The van der Waals surface area contributed by atoms with Gasteiger partial charge in [-0.25, -0.2) is 0 Å². The molecule has 3 heteroatoms. The Bertz CT molecular complexity index is 297. The number of thioether (sulfide) groups is 1. The summed E-state index contributed by atoms with van der Waals surface area (Å²) in [5.74, 6) is 0.286. The summed E-state index contributed by atoms with van der Waals surface area (Å²) in [6.07, 6.45) is 3.90. The second-order valence-electron chi connectivity index (χ2n) is 2.70. The molecule has 1 aromatic rings. The van der Waals surface area contributed by atoms with Gasteiger partial charge in [0, 0.05) is 11.3 Å². The predicted molar refractivity (Wildman–Crippen MR) is 54.3 cm³/mol. The van der Waals surface area contributed by atoms with Crippen LogP contribution in [0.15, 0.2) is 23.1 Å². The number of aromatic hydroxyl groups is 1. The Balaban J connectivity index is 2.78. The van der Waals surface area contributed by atoms with Crippen LogP contribution in [-0.4, -0.2) is 17.6 Å². The molecule has 0 aliphatic rings. The van der Waals surface area contributed by atoms with Crippen molar-refractivity contribution in [1.29, 1.82) is 0 Å². The number of carbonyl (C=O) groups excluding carboxylic acids is 1. The van der Waals surface area contributed by atoms with Crippen molar-refractivity contribution in [1.82, 2.24) is 0 Å². The van der Waals surface area contributed by atoms with Crippen molar-refractivity contribution >= 4 is 18.0 Å². The number of aryl methyl sites for hydroxylation is 1. The van der Waals surface area contributed by atoms with Crippen LogP contribution in [0.25, 0.3) is 0 Å². The van der Waals surface area contributed by atoms with E-state index in [4.69, 9.17) is 0 Å². The highest BCUT2D eigenvalue weighted by atomic mass is 32.2. The third-order valence-electron chi connectivity index (χ3n) is 1.82. The number of benzene rings is 1. The Morgan fingerprint density at radius 1 is 1.54 bits per heavy atom. The molecule has 13 heavy (non-hydrogen) atoms. The van der Waals surface area contributed by atoms with Crippen molar-refractivity contribution in [2.24, 2.45) is 0 Å². The molecule has 0 fully saturated rings. The average molecular weight is 196 g/mol. The first-order chi connectivity index (χ1) is 6.27. The van der Waals surface area contributed by atoms with Crippen molar-refractivity contribution in [3.63, 3.8) is 0 Å². The van der Waals surface area contributed by atoms with Crippen LogP contribution in [0.5, 0.6) is 5.75 Å². The van der Waals surface area contributed by atoms with E-state index < -0.39 is 0 Å². The Morgan fingerprint density at radius 2 is 2.31 bits per heavy atom. The molecular formula is C10H12O2S. The predicted octanol–water partition coefficient (Wildman–Crippen LogP) is 2.25. The maximum Gasteiger partial charge on any atom is 0.120 e. The second kappa shape index (κ2) is 4.92.